The van der Waals surface area contributed by atoms with Crippen LogP contribution in [-0.4, -0.2) is 26.7 Å². The molecule has 0 fully saturated rings. The fraction of sp³-hybridized carbons (Fsp3) is 0.143. The Kier molecular flexibility index (Phi) is 5.92. The van der Waals surface area contributed by atoms with Crippen LogP contribution in [0.4, 0.5) is 8.78 Å². The number of hydrogen-bond donors (Lipinski definition) is 1. The summed E-state index contributed by atoms with van der Waals surface area (Å²) in [7, 11) is 0. The van der Waals surface area contributed by atoms with Gasteiger partial charge in [0, 0.05) is 18.5 Å². The maximum absolute atomic E-state index is 13.8. The molecule has 0 aliphatic carbocycles. The second-order valence-electron chi connectivity index (χ2n) is 6.40. The highest BCUT2D eigenvalue weighted by Crippen LogP contribution is 2.32. The summed E-state index contributed by atoms with van der Waals surface area (Å²) >= 11 is 0. The second kappa shape index (κ2) is 8.55. The van der Waals surface area contributed by atoms with Gasteiger partial charge in [-0.15, -0.1) is 0 Å². The van der Waals surface area contributed by atoms with Crippen LogP contribution in [0.3, 0.4) is 0 Å². The van der Waals surface area contributed by atoms with E-state index in [0.29, 0.717) is 5.56 Å². The zero-order chi connectivity index (χ0) is 21.0. The van der Waals surface area contributed by atoms with Gasteiger partial charge in [-0.1, -0.05) is 30.3 Å². The summed E-state index contributed by atoms with van der Waals surface area (Å²) < 4.78 is 27.6. The molecule has 29 heavy (non-hydrogen) atoms. The van der Waals surface area contributed by atoms with Crippen molar-refractivity contribution in [2.45, 2.75) is 19.0 Å². The Hall–Kier alpha value is -3.68. The van der Waals surface area contributed by atoms with E-state index < -0.39 is 35.5 Å². The van der Waals surface area contributed by atoms with Crippen molar-refractivity contribution >= 4 is 11.8 Å². The third-order valence-corrected chi connectivity index (χ3v) is 4.46. The predicted molar refractivity (Wildman–Crippen MR) is 101 cm³/mol. The number of carbonyl (C=O) groups is 2. The standard InChI is InChI=1S/C21H18F2N4O2/c1-13(15-9-16(22)11-17(23)10-15)27(21(29)18-12-25-7-8-26-18)19(20(24)28)14-5-3-2-4-6-14/h2-13,19H,1H3,(H2,24,28)/t13-,19-/m1/s1. The van der Waals surface area contributed by atoms with Crippen LogP contribution in [0.5, 0.6) is 0 Å². The van der Waals surface area contributed by atoms with E-state index in [1.54, 1.807) is 37.3 Å². The van der Waals surface area contributed by atoms with Crippen molar-refractivity contribution in [3.8, 4) is 0 Å². The van der Waals surface area contributed by atoms with Gasteiger partial charge in [-0.3, -0.25) is 14.6 Å². The van der Waals surface area contributed by atoms with Crippen molar-refractivity contribution in [2.75, 3.05) is 0 Å². The average Bonchev–Trinajstić information content (AvgIpc) is 2.71. The van der Waals surface area contributed by atoms with Crippen LogP contribution in [0.25, 0.3) is 0 Å². The van der Waals surface area contributed by atoms with E-state index in [-0.39, 0.29) is 11.3 Å². The lowest BCUT2D eigenvalue weighted by atomic mass is 9.98. The van der Waals surface area contributed by atoms with Crippen molar-refractivity contribution in [3.05, 3.63) is 95.6 Å². The van der Waals surface area contributed by atoms with Crippen LogP contribution in [0.2, 0.25) is 0 Å². The largest absolute Gasteiger partial charge is 0.368 e. The van der Waals surface area contributed by atoms with Gasteiger partial charge in [0.05, 0.1) is 12.2 Å². The normalized spacial score (nSPS) is 12.8. The molecule has 8 heteroatoms. The summed E-state index contributed by atoms with van der Waals surface area (Å²) in [5, 5.41) is 0. The van der Waals surface area contributed by atoms with Gasteiger partial charge < -0.3 is 10.6 Å². The zero-order valence-corrected chi connectivity index (χ0v) is 15.5. The van der Waals surface area contributed by atoms with Crippen molar-refractivity contribution in [3.63, 3.8) is 0 Å². The van der Waals surface area contributed by atoms with E-state index in [1.165, 1.54) is 18.6 Å². The number of benzene rings is 2. The van der Waals surface area contributed by atoms with Crippen LogP contribution in [0.1, 0.15) is 40.6 Å². The van der Waals surface area contributed by atoms with Crippen LogP contribution < -0.4 is 5.73 Å². The quantitative estimate of drug-likeness (QED) is 0.693. The third kappa shape index (κ3) is 4.43. The molecular weight excluding hydrogens is 378 g/mol. The molecule has 0 radical (unpaired) electrons. The first-order chi connectivity index (χ1) is 13.9. The number of primary amides is 1. The predicted octanol–water partition coefficient (Wildman–Crippen LogP) is 3.18. The molecule has 3 rings (SSSR count). The van der Waals surface area contributed by atoms with Crippen LogP contribution >= 0.6 is 0 Å². The summed E-state index contributed by atoms with van der Waals surface area (Å²) in [4.78, 5) is 34.7. The van der Waals surface area contributed by atoms with Crippen molar-refractivity contribution in [1.29, 1.82) is 0 Å². The molecule has 0 unspecified atom stereocenters. The lowest BCUT2D eigenvalue weighted by Gasteiger charge is -2.35. The molecular formula is C21H18F2N4O2. The molecule has 1 heterocycles. The smallest absolute Gasteiger partial charge is 0.275 e. The summed E-state index contributed by atoms with van der Waals surface area (Å²) in [5.74, 6) is -3.04. The SMILES string of the molecule is C[C@H](c1cc(F)cc(F)c1)N(C(=O)c1cnccn1)[C@@H](C(N)=O)c1ccccc1. The van der Waals surface area contributed by atoms with Gasteiger partial charge in [-0.2, -0.15) is 0 Å². The molecule has 0 spiro atoms. The Morgan fingerprint density at radius 2 is 1.66 bits per heavy atom. The first-order valence-electron chi connectivity index (χ1n) is 8.77. The summed E-state index contributed by atoms with van der Waals surface area (Å²) in [6.07, 6.45) is 3.98. The highest BCUT2D eigenvalue weighted by Gasteiger charge is 2.35. The molecule has 1 aromatic heterocycles. The van der Waals surface area contributed by atoms with Crippen molar-refractivity contribution in [1.82, 2.24) is 14.9 Å². The van der Waals surface area contributed by atoms with Crippen molar-refractivity contribution < 1.29 is 18.4 Å². The number of aromatic nitrogens is 2. The van der Waals surface area contributed by atoms with Gasteiger partial charge in [0.15, 0.2) is 0 Å². The van der Waals surface area contributed by atoms with Crippen LogP contribution in [-0.2, 0) is 4.79 Å². The summed E-state index contributed by atoms with van der Waals surface area (Å²) in [5.41, 5.74) is 6.24. The Morgan fingerprint density at radius 1 is 1.00 bits per heavy atom. The Labute approximate surface area is 166 Å². The maximum Gasteiger partial charge on any atom is 0.275 e. The fourth-order valence-corrected chi connectivity index (χ4v) is 3.13. The van der Waals surface area contributed by atoms with Gasteiger partial charge in [0.25, 0.3) is 5.91 Å². The molecule has 2 N–H and O–H groups in total. The third-order valence-electron chi connectivity index (χ3n) is 4.46. The minimum atomic E-state index is -1.19. The highest BCUT2D eigenvalue weighted by atomic mass is 19.1. The monoisotopic (exact) mass is 396 g/mol. The average molecular weight is 396 g/mol. The molecule has 0 saturated heterocycles. The first-order valence-corrected chi connectivity index (χ1v) is 8.77. The minimum absolute atomic E-state index is 0.0293. The fourth-order valence-electron chi connectivity index (χ4n) is 3.13. The molecule has 3 aromatic rings. The number of hydrogen-bond acceptors (Lipinski definition) is 4. The van der Waals surface area contributed by atoms with Crippen LogP contribution in [0.15, 0.2) is 67.1 Å². The second-order valence-corrected chi connectivity index (χ2v) is 6.40. The summed E-state index contributed by atoms with van der Waals surface area (Å²) in [6.45, 7) is 1.56. The summed E-state index contributed by atoms with van der Waals surface area (Å²) in [6, 6.07) is 9.29. The van der Waals surface area contributed by atoms with Crippen LogP contribution in [0, 0.1) is 11.6 Å². The van der Waals surface area contributed by atoms with E-state index in [0.717, 1.165) is 23.1 Å². The molecule has 0 bridgehead atoms. The maximum atomic E-state index is 13.8. The van der Waals surface area contributed by atoms with E-state index >= 15 is 0 Å². The number of amides is 2. The first kappa shape index (κ1) is 20.1. The van der Waals surface area contributed by atoms with Gasteiger partial charge in [0.2, 0.25) is 5.91 Å². The molecule has 0 aliphatic rings. The Bertz CT molecular complexity index is 995. The van der Waals surface area contributed by atoms with E-state index in [1.807, 2.05) is 0 Å². The zero-order valence-electron chi connectivity index (χ0n) is 15.5. The molecule has 148 valence electrons. The molecule has 2 atom stereocenters. The number of nitrogens with two attached hydrogens (primary N) is 1. The molecule has 0 saturated carbocycles. The Balaban J connectivity index is 2.15. The van der Waals surface area contributed by atoms with E-state index in [2.05, 4.69) is 9.97 Å². The number of carbonyl (C=O) groups excluding carboxylic acids is 2. The lowest BCUT2D eigenvalue weighted by molar-refractivity contribution is -0.123. The van der Waals surface area contributed by atoms with E-state index in [9.17, 15) is 18.4 Å². The Morgan fingerprint density at radius 3 is 2.21 bits per heavy atom. The molecule has 2 amide bonds. The van der Waals surface area contributed by atoms with Gasteiger partial charge in [0.1, 0.15) is 23.4 Å². The van der Waals surface area contributed by atoms with Gasteiger partial charge in [-0.25, -0.2) is 13.8 Å². The highest BCUT2D eigenvalue weighted by molar-refractivity contribution is 5.96. The molecule has 6 nitrogen and oxygen atoms in total. The topological polar surface area (TPSA) is 89.2 Å². The minimum Gasteiger partial charge on any atom is -0.368 e. The number of rotatable bonds is 6. The molecule has 0 aliphatic heterocycles. The lowest BCUT2D eigenvalue weighted by Crippen LogP contribution is -2.43. The molecule has 2 aromatic carbocycles. The van der Waals surface area contributed by atoms with Gasteiger partial charge in [-0.05, 0) is 30.2 Å². The van der Waals surface area contributed by atoms with Crippen molar-refractivity contribution in [2.24, 2.45) is 5.73 Å². The number of halogens is 2. The van der Waals surface area contributed by atoms with Gasteiger partial charge >= 0.3 is 0 Å². The van der Waals surface area contributed by atoms with E-state index in [4.69, 9.17) is 5.73 Å². The number of nitrogens with zero attached hydrogens (tertiary/aromatic N) is 3.